The summed E-state index contributed by atoms with van der Waals surface area (Å²) in [5, 5.41) is 8.07. The van der Waals surface area contributed by atoms with Crippen molar-refractivity contribution in [1.29, 1.82) is 0 Å². The first-order valence-electron chi connectivity index (χ1n) is 6.17. The van der Waals surface area contributed by atoms with Crippen LogP contribution >= 0.6 is 0 Å². The van der Waals surface area contributed by atoms with Crippen molar-refractivity contribution in [1.82, 2.24) is 10.2 Å². The molecule has 0 aliphatic carbocycles. The number of carbonyl (C=O) groups is 1. The summed E-state index contributed by atoms with van der Waals surface area (Å²) in [5.41, 5.74) is 2.73. The first-order valence-corrected chi connectivity index (χ1v) is 6.17. The van der Waals surface area contributed by atoms with Crippen molar-refractivity contribution in [3.05, 3.63) is 52.8 Å². The summed E-state index contributed by atoms with van der Waals surface area (Å²) in [6.07, 6.45) is 0.685. The van der Waals surface area contributed by atoms with Crippen LogP contribution in [0.5, 0.6) is 5.75 Å². The van der Waals surface area contributed by atoms with Crippen molar-refractivity contribution in [2.24, 2.45) is 0 Å². The third-order valence-corrected chi connectivity index (χ3v) is 2.92. The predicted octanol–water partition coefficient (Wildman–Crippen LogP) is 2.59. The number of nitrogens with zero attached hydrogens (tertiary/aromatic N) is 2. The number of ether oxygens (including phenoxy) is 1. The van der Waals surface area contributed by atoms with Gasteiger partial charge in [-0.15, -0.1) is 0 Å². The first kappa shape index (κ1) is 13.2. The fourth-order valence-corrected chi connectivity index (χ4v) is 1.87. The second-order valence-electron chi connectivity index (χ2n) is 4.26. The third-order valence-electron chi connectivity index (χ3n) is 2.92. The summed E-state index contributed by atoms with van der Waals surface area (Å²) in [5.74, 6) is 0.703. The molecule has 0 radical (unpaired) electrons. The van der Waals surface area contributed by atoms with E-state index in [0.717, 1.165) is 17.1 Å². The number of methoxy groups -OCH3 is 1. The molecule has 1 aromatic carbocycles. The molecule has 0 unspecified atom stereocenters. The van der Waals surface area contributed by atoms with Crippen LogP contribution in [0.4, 0.5) is 0 Å². The van der Waals surface area contributed by atoms with E-state index in [0.29, 0.717) is 17.5 Å². The zero-order valence-electron chi connectivity index (χ0n) is 11.3. The van der Waals surface area contributed by atoms with Crippen molar-refractivity contribution in [2.45, 2.75) is 20.3 Å². The molecule has 0 atom stereocenters. The lowest BCUT2D eigenvalue weighted by Gasteiger charge is -2.07. The summed E-state index contributed by atoms with van der Waals surface area (Å²) in [4.78, 5) is 12.5. The van der Waals surface area contributed by atoms with Gasteiger partial charge in [-0.3, -0.25) is 4.79 Å². The van der Waals surface area contributed by atoms with Gasteiger partial charge in [0.25, 0.3) is 0 Å². The highest BCUT2D eigenvalue weighted by molar-refractivity contribution is 6.09. The lowest BCUT2D eigenvalue weighted by atomic mass is 10.0. The van der Waals surface area contributed by atoms with Crippen molar-refractivity contribution in [2.75, 3.05) is 7.11 Å². The van der Waals surface area contributed by atoms with E-state index in [2.05, 4.69) is 10.2 Å². The second kappa shape index (κ2) is 5.61. The van der Waals surface area contributed by atoms with Gasteiger partial charge in [0.15, 0.2) is 5.78 Å². The zero-order chi connectivity index (χ0) is 13.8. The fraction of sp³-hybridized carbons (Fsp3) is 0.267. The number of rotatable bonds is 4. The smallest absolute Gasteiger partial charge is 0.194 e. The molecule has 0 saturated heterocycles. The summed E-state index contributed by atoms with van der Waals surface area (Å²) >= 11 is 0. The minimum Gasteiger partial charge on any atom is -0.497 e. The molecular formula is C15H16N2O2. The molecule has 0 N–H and O–H groups in total. The van der Waals surface area contributed by atoms with Crippen LogP contribution < -0.4 is 4.74 Å². The van der Waals surface area contributed by atoms with Crippen LogP contribution in [0, 0.1) is 6.92 Å². The van der Waals surface area contributed by atoms with Crippen molar-refractivity contribution in [3.63, 3.8) is 0 Å². The quantitative estimate of drug-likeness (QED) is 0.789. The van der Waals surface area contributed by atoms with Gasteiger partial charge in [-0.1, -0.05) is 6.92 Å². The van der Waals surface area contributed by atoms with E-state index in [-0.39, 0.29) is 5.78 Å². The van der Waals surface area contributed by atoms with E-state index >= 15 is 0 Å². The molecule has 4 heteroatoms. The molecular weight excluding hydrogens is 240 g/mol. The molecule has 19 heavy (non-hydrogen) atoms. The molecule has 1 heterocycles. The van der Waals surface area contributed by atoms with Gasteiger partial charge in [-0.25, -0.2) is 0 Å². The van der Waals surface area contributed by atoms with Gasteiger partial charge in [0.2, 0.25) is 0 Å². The van der Waals surface area contributed by atoms with E-state index in [9.17, 15) is 4.79 Å². The Bertz CT molecular complexity index is 592. The Labute approximate surface area is 112 Å². The number of aryl methyl sites for hydroxylation is 2. The molecule has 2 rings (SSSR count). The molecule has 0 bridgehead atoms. The van der Waals surface area contributed by atoms with Crippen LogP contribution in [0.1, 0.15) is 34.2 Å². The molecule has 0 spiro atoms. The first-order chi connectivity index (χ1) is 9.15. The molecule has 2 aromatic rings. The van der Waals surface area contributed by atoms with Crippen molar-refractivity contribution in [3.8, 4) is 5.75 Å². The molecule has 98 valence electrons. The number of hydrogen-bond donors (Lipinski definition) is 0. The highest BCUT2D eigenvalue weighted by Crippen LogP contribution is 2.17. The van der Waals surface area contributed by atoms with Gasteiger partial charge >= 0.3 is 0 Å². The molecule has 0 saturated carbocycles. The zero-order valence-corrected chi connectivity index (χ0v) is 11.3. The monoisotopic (exact) mass is 256 g/mol. The van der Waals surface area contributed by atoms with Gasteiger partial charge in [0, 0.05) is 11.1 Å². The maximum absolute atomic E-state index is 12.5. The molecule has 0 amide bonds. The number of ketones is 1. The standard InChI is InChI=1S/C15H16N2O2/c1-4-14-13(9-10(2)16-17-14)15(18)11-5-7-12(19-3)8-6-11/h5-9H,4H2,1-3H3. The summed E-state index contributed by atoms with van der Waals surface area (Å²) in [6, 6.07) is 8.87. The average molecular weight is 256 g/mol. The summed E-state index contributed by atoms with van der Waals surface area (Å²) in [6.45, 7) is 3.79. The number of hydrogen-bond acceptors (Lipinski definition) is 4. The van der Waals surface area contributed by atoms with Gasteiger partial charge < -0.3 is 4.74 Å². The van der Waals surface area contributed by atoms with Crippen LogP contribution in [-0.2, 0) is 6.42 Å². The lowest BCUT2D eigenvalue weighted by Crippen LogP contribution is -2.09. The van der Waals surface area contributed by atoms with E-state index in [1.54, 1.807) is 37.4 Å². The second-order valence-corrected chi connectivity index (χ2v) is 4.26. The van der Waals surface area contributed by atoms with Gasteiger partial charge in [-0.2, -0.15) is 10.2 Å². The Hall–Kier alpha value is -2.23. The normalized spacial score (nSPS) is 10.3. The number of aromatic nitrogens is 2. The van der Waals surface area contributed by atoms with Crippen LogP contribution in [0.25, 0.3) is 0 Å². The molecule has 1 aromatic heterocycles. The summed E-state index contributed by atoms with van der Waals surface area (Å²) < 4.78 is 5.08. The Morgan fingerprint density at radius 3 is 2.47 bits per heavy atom. The topological polar surface area (TPSA) is 52.1 Å². The highest BCUT2D eigenvalue weighted by atomic mass is 16.5. The molecule has 0 aliphatic heterocycles. The Morgan fingerprint density at radius 2 is 1.89 bits per heavy atom. The van der Waals surface area contributed by atoms with Gasteiger partial charge in [0.1, 0.15) is 5.75 Å². The van der Waals surface area contributed by atoms with Crippen molar-refractivity contribution >= 4 is 5.78 Å². The van der Waals surface area contributed by atoms with E-state index in [1.807, 2.05) is 13.8 Å². The van der Waals surface area contributed by atoms with Crippen LogP contribution in [-0.4, -0.2) is 23.1 Å². The minimum absolute atomic E-state index is 0.0301. The Kier molecular flexibility index (Phi) is 3.90. The Balaban J connectivity index is 2.40. The van der Waals surface area contributed by atoms with E-state index < -0.39 is 0 Å². The highest BCUT2D eigenvalue weighted by Gasteiger charge is 2.14. The average Bonchev–Trinajstić information content (AvgIpc) is 2.46. The third kappa shape index (κ3) is 2.78. The maximum atomic E-state index is 12.5. The number of benzene rings is 1. The lowest BCUT2D eigenvalue weighted by molar-refractivity contribution is 0.103. The van der Waals surface area contributed by atoms with Crippen molar-refractivity contribution < 1.29 is 9.53 Å². The molecule has 0 aliphatic rings. The predicted molar refractivity (Wildman–Crippen MR) is 72.6 cm³/mol. The van der Waals surface area contributed by atoms with E-state index in [1.165, 1.54) is 0 Å². The molecule has 4 nitrogen and oxygen atoms in total. The Morgan fingerprint density at radius 1 is 1.21 bits per heavy atom. The number of carbonyl (C=O) groups excluding carboxylic acids is 1. The van der Waals surface area contributed by atoms with Crippen LogP contribution in [0.15, 0.2) is 30.3 Å². The SMILES string of the molecule is CCc1nnc(C)cc1C(=O)c1ccc(OC)cc1. The largest absolute Gasteiger partial charge is 0.497 e. The summed E-state index contributed by atoms with van der Waals surface area (Å²) in [7, 11) is 1.60. The van der Waals surface area contributed by atoms with E-state index in [4.69, 9.17) is 4.74 Å². The van der Waals surface area contributed by atoms with Crippen LogP contribution in [0.2, 0.25) is 0 Å². The fourth-order valence-electron chi connectivity index (χ4n) is 1.87. The van der Waals surface area contributed by atoms with Gasteiger partial charge in [-0.05, 0) is 43.7 Å². The minimum atomic E-state index is -0.0301. The maximum Gasteiger partial charge on any atom is 0.194 e. The van der Waals surface area contributed by atoms with Crippen LogP contribution in [0.3, 0.4) is 0 Å². The van der Waals surface area contributed by atoms with Gasteiger partial charge in [0.05, 0.1) is 18.5 Å². The molecule has 0 fully saturated rings.